The van der Waals surface area contributed by atoms with Gasteiger partial charge in [-0.1, -0.05) is 0 Å². The highest BCUT2D eigenvalue weighted by Crippen LogP contribution is 2.21. The summed E-state index contributed by atoms with van der Waals surface area (Å²) < 4.78 is 12.7. The van der Waals surface area contributed by atoms with Crippen LogP contribution in [0, 0.1) is 5.82 Å². The lowest BCUT2D eigenvalue weighted by atomic mass is 10.4. The maximum Gasteiger partial charge on any atom is 0.225 e. The highest BCUT2D eigenvalue weighted by atomic mass is 32.2. The maximum absolute atomic E-state index is 12.7. The van der Waals surface area contributed by atoms with Crippen LogP contribution in [0.3, 0.4) is 0 Å². The minimum Gasteiger partial charge on any atom is -0.368 e. The smallest absolute Gasteiger partial charge is 0.225 e. The number of nitrogen functional groups attached to an aromatic ring is 2. The van der Waals surface area contributed by atoms with Crippen LogP contribution in [0.1, 0.15) is 5.82 Å². The van der Waals surface area contributed by atoms with Crippen LogP contribution in [0.2, 0.25) is 0 Å². The van der Waals surface area contributed by atoms with E-state index in [0.29, 0.717) is 11.6 Å². The molecule has 7 heteroatoms. The highest BCUT2D eigenvalue weighted by molar-refractivity contribution is 7.98. The first-order chi connectivity index (χ1) is 8.13. The Labute approximate surface area is 101 Å². The molecule has 2 aromatic rings. The molecule has 1 heterocycles. The molecule has 4 N–H and O–H groups in total. The van der Waals surface area contributed by atoms with E-state index in [2.05, 4.69) is 15.0 Å². The van der Waals surface area contributed by atoms with Gasteiger partial charge < -0.3 is 11.5 Å². The fraction of sp³-hybridized carbons (Fsp3) is 0.100. The normalized spacial score (nSPS) is 10.4. The van der Waals surface area contributed by atoms with E-state index in [1.54, 1.807) is 12.1 Å². The van der Waals surface area contributed by atoms with Gasteiger partial charge in [-0.3, -0.25) is 0 Å². The molecular formula is C10H10FN5S. The summed E-state index contributed by atoms with van der Waals surface area (Å²) in [6.07, 6.45) is 0. The first-order valence-corrected chi connectivity index (χ1v) is 5.76. The van der Waals surface area contributed by atoms with E-state index in [0.717, 1.165) is 4.90 Å². The molecule has 17 heavy (non-hydrogen) atoms. The lowest BCUT2D eigenvalue weighted by Crippen LogP contribution is -2.05. The molecule has 2 rings (SSSR count). The van der Waals surface area contributed by atoms with Crippen molar-refractivity contribution in [1.82, 2.24) is 15.0 Å². The minimum atomic E-state index is -0.261. The van der Waals surface area contributed by atoms with Crippen LogP contribution in [-0.4, -0.2) is 15.0 Å². The predicted molar refractivity (Wildman–Crippen MR) is 64.6 cm³/mol. The molecule has 0 saturated carbocycles. The lowest BCUT2D eigenvalue weighted by molar-refractivity contribution is 0.626. The fourth-order valence-electron chi connectivity index (χ4n) is 1.20. The van der Waals surface area contributed by atoms with Crippen molar-refractivity contribution in [2.45, 2.75) is 10.6 Å². The van der Waals surface area contributed by atoms with Crippen molar-refractivity contribution in [2.75, 3.05) is 11.5 Å². The van der Waals surface area contributed by atoms with E-state index in [-0.39, 0.29) is 17.7 Å². The Hall–Kier alpha value is -1.89. The van der Waals surface area contributed by atoms with Crippen LogP contribution >= 0.6 is 11.8 Å². The fourth-order valence-corrected chi connectivity index (χ4v) is 1.95. The molecule has 1 aromatic heterocycles. The predicted octanol–water partition coefficient (Wildman–Crippen LogP) is 1.47. The van der Waals surface area contributed by atoms with Gasteiger partial charge in [0.2, 0.25) is 11.9 Å². The second-order valence-corrected chi connectivity index (χ2v) is 4.26. The van der Waals surface area contributed by atoms with Gasteiger partial charge in [-0.05, 0) is 24.3 Å². The second kappa shape index (κ2) is 4.96. The number of hydrogen-bond acceptors (Lipinski definition) is 6. The minimum absolute atomic E-state index is 0.104. The maximum atomic E-state index is 12.7. The summed E-state index contributed by atoms with van der Waals surface area (Å²) >= 11 is 1.47. The number of nitrogens with two attached hydrogens (primary N) is 2. The Bertz CT molecular complexity index is 496. The molecule has 88 valence electrons. The SMILES string of the molecule is Nc1nc(N)nc(CSc2ccc(F)cc2)n1. The molecule has 0 unspecified atom stereocenters. The Morgan fingerprint density at radius 3 is 2.18 bits per heavy atom. The Kier molecular flexibility index (Phi) is 3.38. The molecule has 0 amide bonds. The summed E-state index contributed by atoms with van der Waals surface area (Å²) in [6, 6.07) is 6.18. The van der Waals surface area contributed by atoms with Crippen LogP contribution in [0.4, 0.5) is 16.3 Å². The first kappa shape index (κ1) is 11.6. The molecule has 0 bridgehead atoms. The quantitative estimate of drug-likeness (QED) is 0.803. The van der Waals surface area contributed by atoms with Crippen molar-refractivity contribution in [2.24, 2.45) is 0 Å². The molecule has 0 spiro atoms. The van der Waals surface area contributed by atoms with Gasteiger partial charge in [0.15, 0.2) is 0 Å². The largest absolute Gasteiger partial charge is 0.368 e. The summed E-state index contributed by atoms with van der Waals surface area (Å²) in [7, 11) is 0. The molecule has 0 radical (unpaired) electrons. The molecular weight excluding hydrogens is 241 g/mol. The van der Waals surface area contributed by atoms with Crippen LogP contribution in [0.5, 0.6) is 0 Å². The Balaban J connectivity index is 2.04. The zero-order valence-corrected chi connectivity index (χ0v) is 9.62. The number of hydrogen-bond donors (Lipinski definition) is 2. The number of anilines is 2. The lowest BCUT2D eigenvalue weighted by Gasteiger charge is -2.02. The molecule has 0 fully saturated rings. The van der Waals surface area contributed by atoms with Crippen molar-refractivity contribution in [3.8, 4) is 0 Å². The number of halogens is 1. The van der Waals surface area contributed by atoms with Gasteiger partial charge >= 0.3 is 0 Å². The second-order valence-electron chi connectivity index (χ2n) is 3.21. The van der Waals surface area contributed by atoms with E-state index >= 15 is 0 Å². The van der Waals surface area contributed by atoms with Gasteiger partial charge in [0.05, 0.1) is 5.75 Å². The Morgan fingerprint density at radius 2 is 1.59 bits per heavy atom. The average molecular weight is 251 g/mol. The van der Waals surface area contributed by atoms with Crippen LogP contribution in [-0.2, 0) is 5.75 Å². The number of benzene rings is 1. The third-order valence-corrected chi connectivity index (χ3v) is 2.91. The van der Waals surface area contributed by atoms with Gasteiger partial charge in [-0.25, -0.2) is 4.39 Å². The monoisotopic (exact) mass is 251 g/mol. The van der Waals surface area contributed by atoms with E-state index < -0.39 is 0 Å². The average Bonchev–Trinajstić information content (AvgIpc) is 2.27. The zero-order chi connectivity index (χ0) is 12.3. The van der Waals surface area contributed by atoms with Crippen LogP contribution < -0.4 is 11.5 Å². The first-order valence-electron chi connectivity index (χ1n) is 4.78. The number of aromatic nitrogens is 3. The standard InChI is InChI=1S/C10H10FN5S/c11-6-1-3-7(4-2-6)17-5-8-14-9(12)16-10(13)15-8/h1-4H,5H2,(H4,12,13,14,15,16). The Morgan fingerprint density at radius 1 is 1.00 bits per heavy atom. The zero-order valence-electron chi connectivity index (χ0n) is 8.80. The van der Waals surface area contributed by atoms with E-state index in [9.17, 15) is 4.39 Å². The van der Waals surface area contributed by atoms with Crippen molar-refractivity contribution < 1.29 is 4.39 Å². The van der Waals surface area contributed by atoms with Crippen molar-refractivity contribution >= 4 is 23.7 Å². The molecule has 0 aliphatic carbocycles. The van der Waals surface area contributed by atoms with Crippen LogP contribution in [0.15, 0.2) is 29.2 Å². The van der Waals surface area contributed by atoms with E-state index in [4.69, 9.17) is 11.5 Å². The summed E-state index contributed by atoms with van der Waals surface area (Å²) in [5, 5.41) is 0. The summed E-state index contributed by atoms with van der Waals surface area (Å²) in [5.74, 6) is 0.953. The van der Waals surface area contributed by atoms with E-state index in [1.165, 1.54) is 23.9 Å². The van der Waals surface area contributed by atoms with Crippen molar-refractivity contribution in [3.05, 3.63) is 35.9 Å². The molecule has 5 nitrogen and oxygen atoms in total. The third-order valence-electron chi connectivity index (χ3n) is 1.90. The molecule has 0 atom stereocenters. The molecule has 1 aromatic carbocycles. The summed E-state index contributed by atoms with van der Waals surface area (Å²) in [4.78, 5) is 12.5. The van der Waals surface area contributed by atoms with Gasteiger partial charge in [0, 0.05) is 4.90 Å². The van der Waals surface area contributed by atoms with Gasteiger partial charge in [0.25, 0.3) is 0 Å². The number of rotatable bonds is 3. The summed E-state index contributed by atoms with van der Waals surface area (Å²) in [5.41, 5.74) is 10.9. The van der Waals surface area contributed by atoms with E-state index in [1.807, 2.05) is 0 Å². The number of thioether (sulfide) groups is 1. The van der Waals surface area contributed by atoms with Gasteiger partial charge in [0.1, 0.15) is 11.6 Å². The van der Waals surface area contributed by atoms with Crippen LogP contribution in [0.25, 0.3) is 0 Å². The van der Waals surface area contributed by atoms with Gasteiger partial charge in [-0.15, -0.1) is 11.8 Å². The molecule has 0 aliphatic rings. The molecule has 0 aliphatic heterocycles. The number of nitrogens with zero attached hydrogens (tertiary/aromatic N) is 3. The topological polar surface area (TPSA) is 90.7 Å². The molecule has 0 saturated heterocycles. The van der Waals surface area contributed by atoms with Crippen molar-refractivity contribution in [3.63, 3.8) is 0 Å². The summed E-state index contributed by atoms with van der Waals surface area (Å²) in [6.45, 7) is 0. The van der Waals surface area contributed by atoms with Gasteiger partial charge in [-0.2, -0.15) is 15.0 Å². The van der Waals surface area contributed by atoms with Crippen molar-refractivity contribution in [1.29, 1.82) is 0 Å². The highest BCUT2D eigenvalue weighted by Gasteiger charge is 2.03. The third kappa shape index (κ3) is 3.28.